The zero-order valence-corrected chi connectivity index (χ0v) is 14.6. The Hall–Kier alpha value is -2.21. The van der Waals surface area contributed by atoms with Gasteiger partial charge in [-0.15, -0.1) is 6.58 Å². The van der Waals surface area contributed by atoms with Crippen molar-refractivity contribution in [2.45, 2.75) is 18.9 Å². The number of hydrogen-bond donors (Lipinski definition) is 1. The second-order valence-electron chi connectivity index (χ2n) is 5.75. The molecule has 0 aliphatic carbocycles. The third-order valence-electron chi connectivity index (χ3n) is 4.24. The van der Waals surface area contributed by atoms with E-state index >= 15 is 0 Å². The van der Waals surface area contributed by atoms with E-state index in [-0.39, 0.29) is 11.9 Å². The smallest absolute Gasteiger partial charge is 0.251 e. The Morgan fingerprint density at radius 3 is 2.25 bits per heavy atom. The summed E-state index contributed by atoms with van der Waals surface area (Å²) in [4.78, 5) is 14.9. The van der Waals surface area contributed by atoms with Gasteiger partial charge in [0.2, 0.25) is 5.75 Å². The SMILES string of the molecule is C=CCN1CCC(NC(=O)c2cc(OC)c(OC)c(OC)c2)CC1. The van der Waals surface area contributed by atoms with Crippen LogP contribution in [-0.2, 0) is 0 Å². The fraction of sp³-hybridized carbons (Fsp3) is 0.500. The molecule has 2 rings (SSSR count). The number of methoxy groups -OCH3 is 3. The van der Waals surface area contributed by atoms with E-state index in [9.17, 15) is 4.79 Å². The quantitative estimate of drug-likeness (QED) is 0.774. The number of benzene rings is 1. The Morgan fingerprint density at radius 2 is 1.79 bits per heavy atom. The average Bonchev–Trinajstić information content (AvgIpc) is 2.62. The molecule has 1 saturated heterocycles. The maximum Gasteiger partial charge on any atom is 0.251 e. The van der Waals surface area contributed by atoms with Gasteiger partial charge in [-0.2, -0.15) is 0 Å². The van der Waals surface area contributed by atoms with Crippen LogP contribution in [-0.4, -0.2) is 57.8 Å². The fourth-order valence-electron chi connectivity index (χ4n) is 2.92. The molecule has 0 unspecified atom stereocenters. The minimum atomic E-state index is -0.128. The molecule has 132 valence electrons. The number of piperidine rings is 1. The summed E-state index contributed by atoms with van der Waals surface area (Å²) in [5, 5.41) is 3.09. The molecule has 0 bridgehead atoms. The monoisotopic (exact) mass is 334 g/mol. The highest BCUT2D eigenvalue weighted by atomic mass is 16.5. The van der Waals surface area contributed by atoms with Gasteiger partial charge in [0, 0.05) is 31.2 Å². The Bertz CT molecular complexity index is 555. The number of rotatable bonds is 7. The molecule has 0 saturated carbocycles. The first-order chi connectivity index (χ1) is 11.6. The van der Waals surface area contributed by atoms with Gasteiger partial charge in [-0.25, -0.2) is 0 Å². The van der Waals surface area contributed by atoms with Gasteiger partial charge in [-0.1, -0.05) is 6.08 Å². The number of carbonyl (C=O) groups excluding carboxylic acids is 1. The Kier molecular flexibility index (Phi) is 6.49. The highest BCUT2D eigenvalue weighted by Crippen LogP contribution is 2.38. The molecule has 0 aromatic heterocycles. The third kappa shape index (κ3) is 4.20. The van der Waals surface area contributed by atoms with Gasteiger partial charge in [-0.3, -0.25) is 9.69 Å². The van der Waals surface area contributed by atoms with Crippen molar-refractivity contribution < 1.29 is 19.0 Å². The zero-order valence-electron chi connectivity index (χ0n) is 14.6. The average molecular weight is 334 g/mol. The first-order valence-electron chi connectivity index (χ1n) is 8.07. The Labute approximate surface area is 143 Å². The molecule has 1 aliphatic heterocycles. The van der Waals surface area contributed by atoms with Crippen LogP contribution >= 0.6 is 0 Å². The van der Waals surface area contributed by atoms with Crippen molar-refractivity contribution in [1.82, 2.24) is 10.2 Å². The van der Waals surface area contributed by atoms with Crippen molar-refractivity contribution in [1.29, 1.82) is 0 Å². The van der Waals surface area contributed by atoms with E-state index in [1.807, 2.05) is 6.08 Å². The van der Waals surface area contributed by atoms with E-state index in [0.717, 1.165) is 32.5 Å². The van der Waals surface area contributed by atoms with Gasteiger partial charge in [0.1, 0.15) is 0 Å². The van der Waals surface area contributed by atoms with Crippen molar-refractivity contribution in [3.05, 3.63) is 30.4 Å². The van der Waals surface area contributed by atoms with Crippen LogP contribution in [0.5, 0.6) is 17.2 Å². The number of hydrogen-bond acceptors (Lipinski definition) is 5. The van der Waals surface area contributed by atoms with E-state index in [1.54, 1.807) is 12.1 Å². The molecule has 1 aliphatic rings. The van der Waals surface area contributed by atoms with Gasteiger partial charge in [0.25, 0.3) is 5.91 Å². The molecule has 6 nitrogen and oxygen atoms in total. The lowest BCUT2D eigenvalue weighted by molar-refractivity contribution is 0.0913. The summed E-state index contributed by atoms with van der Waals surface area (Å²) in [6.45, 7) is 6.59. The maximum atomic E-state index is 12.6. The number of carbonyl (C=O) groups is 1. The van der Waals surface area contributed by atoms with Crippen molar-refractivity contribution in [3.63, 3.8) is 0 Å². The Morgan fingerprint density at radius 1 is 1.21 bits per heavy atom. The largest absolute Gasteiger partial charge is 0.493 e. The molecule has 1 amide bonds. The molecule has 1 N–H and O–H groups in total. The van der Waals surface area contributed by atoms with Crippen LogP contribution in [0.2, 0.25) is 0 Å². The predicted molar refractivity (Wildman–Crippen MR) is 93.2 cm³/mol. The highest BCUT2D eigenvalue weighted by Gasteiger charge is 2.22. The molecule has 0 atom stereocenters. The van der Waals surface area contributed by atoms with Crippen LogP contribution in [0, 0.1) is 0 Å². The molecule has 1 heterocycles. The third-order valence-corrected chi connectivity index (χ3v) is 4.24. The molecule has 0 radical (unpaired) electrons. The normalized spacial score (nSPS) is 15.6. The van der Waals surface area contributed by atoms with Gasteiger partial charge >= 0.3 is 0 Å². The maximum absolute atomic E-state index is 12.6. The van der Waals surface area contributed by atoms with Crippen LogP contribution in [0.1, 0.15) is 23.2 Å². The highest BCUT2D eigenvalue weighted by molar-refractivity contribution is 5.95. The van der Waals surface area contributed by atoms with E-state index in [1.165, 1.54) is 21.3 Å². The minimum Gasteiger partial charge on any atom is -0.493 e. The zero-order chi connectivity index (χ0) is 17.5. The number of nitrogens with one attached hydrogen (secondary N) is 1. The molecule has 1 fully saturated rings. The van der Waals surface area contributed by atoms with E-state index in [2.05, 4.69) is 16.8 Å². The summed E-state index contributed by atoms with van der Waals surface area (Å²) >= 11 is 0. The van der Waals surface area contributed by atoms with Crippen molar-refractivity contribution >= 4 is 5.91 Å². The van der Waals surface area contributed by atoms with Crippen LogP contribution in [0.25, 0.3) is 0 Å². The lowest BCUT2D eigenvalue weighted by Gasteiger charge is -2.31. The van der Waals surface area contributed by atoms with Crippen LogP contribution in [0.3, 0.4) is 0 Å². The fourth-order valence-corrected chi connectivity index (χ4v) is 2.92. The first kappa shape index (κ1) is 18.1. The van der Waals surface area contributed by atoms with E-state index < -0.39 is 0 Å². The summed E-state index contributed by atoms with van der Waals surface area (Å²) in [6, 6.07) is 3.52. The Balaban J connectivity index is 2.06. The molecule has 24 heavy (non-hydrogen) atoms. The summed E-state index contributed by atoms with van der Waals surface area (Å²) in [5.74, 6) is 1.30. The molecule has 6 heteroatoms. The number of likely N-dealkylation sites (tertiary alicyclic amines) is 1. The van der Waals surface area contributed by atoms with E-state index in [4.69, 9.17) is 14.2 Å². The summed E-state index contributed by atoms with van der Waals surface area (Å²) in [5.41, 5.74) is 0.498. The van der Waals surface area contributed by atoms with Crippen molar-refractivity contribution in [2.24, 2.45) is 0 Å². The van der Waals surface area contributed by atoms with Gasteiger partial charge in [-0.05, 0) is 25.0 Å². The van der Waals surface area contributed by atoms with Gasteiger partial charge < -0.3 is 19.5 Å². The van der Waals surface area contributed by atoms with Crippen molar-refractivity contribution in [3.8, 4) is 17.2 Å². The topological polar surface area (TPSA) is 60.0 Å². The van der Waals surface area contributed by atoms with Crippen LogP contribution in [0.15, 0.2) is 24.8 Å². The molecular weight excluding hydrogens is 308 g/mol. The number of amides is 1. The van der Waals surface area contributed by atoms with Gasteiger partial charge in [0.05, 0.1) is 21.3 Å². The van der Waals surface area contributed by atoms with E-state index in [0.29, 0.717) is 22.8 Å². The molecular formula is C18H26N2O4. The lowest BCUT2D eigenvalue weighted by atomic mass is 10.0. The molecule has 1 aromatic carbocycles. The molecule has 1 aromatic rings. The first-order valence-corrected chi connectivity index (χ1v) is 8.07. The lowest BCUT2D eigenvalue weighted by Crippen LogP contribution is -2.44. The van der Waals surface area contributed by atoms with Gasteiger partial charge in [0.15, 0.2) is 11.5 Å². The van der Waals surface area contributed by atoms with Crippen LogP contribution in [0.4, 0.5) is 0 Å². The summed E-state index contributed by atoms with van der Waals surface area (Å²) in [6.07, 6.45) is 3.78. The number of ether oxygens (including phenoxy) is 3. The summed E-state index contributed by atoms with van der Waals surface area (Å²) < 4.78 is 15.9. The molecule has 0 spiro atoms. The van der Waals surface area contributed by atoms with Crippen LogP contribution < -0.4 is 19.5 Å². The second kappa shape index (κ2) is 8.59. The van der Waals surface area contributed by atoms with Crippen molar-refractivity contribution in [2.75, 3.05) is 41.0 Å². The standard InChI is InChI=1S/C18H26N2O4/c1-5-8-20-9-6-14(7-10-20)19-18(21)13-11-15(22-2)17(24-4)16(12-13)23-3/h5,11-12,14H,1,6-10H2,2-4H3,(H,19,21). The number of nitrogens with zero attached hydrogens (tertiary/aromatic N) is 1. The second-order valence-corrected chi connectivity index (χ2v) is 5.75. The predicted octanol–water partition coefficient (Wildman–Crippen LogP) is 2.09. The summed E-state index contributed by atoms with van der Waals surface area (Å²) in [7, 11) is 4.61. The minimum absolute atomic E-state index is 0.128.